The molecule has 0 aromatic heterocycles. The normalized spacial score (nSPS) is 21.8. The molecule has 0 aromatic rings. The van der Waals surface area contributed by atoms with E-state index >= 15 is 0 Å². The third kappa shape index (κ3) is 3.71. The Morgan fingerprint density at radius 1 is 0.818 bits per heavy atom. The summed E-state index contributed by atoms with van der Waals surface area (Å²) in [6.07, 6.45) is 2.34. The molecule has 1 saturated heterocycles. The molecule has 1 aliphatic rings. The van der Waals surface area contributed by atoms with Crippen molar-refractivity contribution in [1.29, 1.82) is 0 Å². The highest BCUT2D eigenvalue weighted by atomic mass is 28.3. The fourth-order valence-corrected chi connectivity index (χ4v) is 10.0. The summed E-state index contributed by atoms with van der Waals surface area (Å²) in [6.45, 7) is 22.9. The molecule has 0 spiro atoms. The molecule has 1 rings (SSSR count). The van der Waals surface area contributed by atoms with Gasteiger partial charge in [0.25, 0.3) is 0 Å². The average molecular weight is 324 g/mol. The number of allylic oxidation sites excluding steroid dienone is 1. The van der Waals surface area contributed by atoms with Crippen molar-refractivity contribution in [1.82, 2.24) is 0 Å². The summed E-state index contributed by atoms with van der Waals surface area (Å²) >= 11 is 0. The fraction of sp³-hybridized carbons (Fsp3) is 0.889. The van der Waals surface area contributed by atoms with Crippen LogP contribution in [0.15, 0.2) is 12.1 Å². The molecule has 1 heterocycles. The highest BCUT2D eigenvalue weighted by Crippen LogP contribution is 2.45. The molecule has 128 valence electrons. The van der Waals surface area contributed by atoms with Gasteiger partial charge in [-0.05, 0) is 33.7 Å². The number of rotatable bonds is 6. The Labute approximate surface area is 140 Å². The first-order chi connectivity index (χ1) is 9.87. The minimum Gasteiger partial charge on any atom is -0.400 e. The van der Waals surface area contributed by atoms with Crippen LogP contribution in [0, 0.1) is 0 Å². The summed E-state index contributed by atoms with van der Waals surface area (Å²) in [7, 11) is -1.57. The van der Waals surface area contributed by atoms with Gasteiger partial charge in [0, 0.05) is 0 Å². The van der Waals surface area contributed by atoms with Gasteiger partial charge in [-0.15, -0.1) is 0 Å². The standard InChI is InChI=1S/C18H37BO2Si/c1-14(2)22(15(3)4,16(5)6)13-11-12-19-20-17(7,8)18(9,10)21-19/h11-12,14-16H,13H2,1-10H3/b12-11+. The third-order valence-electron chi connectivity index (χ3n) is 6.26. The van der Waals surface area contributed by atoms with Gasteiger partial charge < -0.3 is 9.31 Å². The molecule has 0 saturated carbocycles. The topological polar surface area (TPSA) is 18.5 Å². The molecule has 4 heteroatoms. The van der Waals surface area contributed by atoms with Crippen molar-refractivity contribution >= 4 is 15.2 Å². The van der Waals surface area contributed by atoms with Crippen LogP contribution in [-0.2, 0) is 9.31 Å². The Balaban J connectivity index is 2.83. The zero-order chi connectivity index (χ0) is 17.3. The molecule has 2 nitrogen and oxygen atoms in total. The monoisotopic (exact) mass is 324 g/mol. The highest BCUT2D eigenvalue weighted by Gasteiger charge is 2.50. The lowest BCUT2D eigenvalue weighted by molar-refractivity contribution is 0.00578. The smallest absolute Gasteiger partial charge is 0.400 e. The molecule has 0 amide bonds. The van der Waals surface area contributed by atoms with Crippen LogP contribution in [-0.4, -0.2) is 26.4 Å². The Hall–Kier alpha value is -0.0582. The van der Waals surface area contributed by atoms with Gasteiger partial charge in [0.05, 0.1) is 19.3 Å². The Morgan fingerprint density at radius 2 is 1.18 bits per heavy atom. The van der Waals surface area contributed by atoms with Crippen molar-refractivity contribution in [3.63, 3.8) is 0 Å². The van der Waals surface area contributed by atoms with Crippen molar-refractivity contribution in [3.05, 3.63) is 12.1 Å². The van der Waals surface area contributed by atoms with E-state index in [1.807, 2.05) is 0 Å². The lowest BCUT2D eigenvalue weighted by Crippen LogP contribution is -2.43. The fourth-order valence-electron chi connectivity index (χ4n) is 4.06. The summed E-state index contributed by atoms with van der Waals surface area (Å²) in [5, 5.41) is 0. The quantitative estimate of drug-likeness (QED) is 0.570. The van der Waals surface area contributed by atoms with E-state index in [0.717, 1.165) is 16.6 Å². The van der Waals surface area contributed by atoms with Crippen LogP contribution in [0.2, 0.25) is 22.7 Å². The Bertz CT molecular complexity index is 362. The van der Waals surface area contributed by atoms with Crippen molar-refractivity contribution in [2.24, 2.45) is 0 Å². The molecule has 0 atom stereocenters. The van der Waals surface area contributed by atoms with E-state index in [0.29, 0.717) is 0 Å². The maximum Gasteiger partial charge on any atom is 0.486 e. The minimum atomic E-state index is -1.37. The van der Waals surface area contributed by atoms with Gasteiger partial charge >= 0.3 is 7.12 Å². The first kappa shape index (κ1) is 20.0. The maximum atomic E-state index is 6.07. The summed E-state index contributed by atoms with van der Waals surface area (Å²) in [5.74, 6) is 2.14. The van der Waals surface area contributed by atoms with E-state index in [4.69, 9.17) is 9.31 Å². The van der Waals surface area contributed by atoms with Gasteiger partial charge in [0.2, 0.25) is 0 Å². The van der Waals surface area contributed by atoms with Crippen LogP contribution < -0.4 is 0 Å². The van der Waals surface area contributed by atoms with Crippen LogP contribution in [0.3, 0.4) is 0 Å². The van der Waals surface area contributed by atoms with Gasteiger partial charge in [-0.2, -0.15) is 0 Å². The van der Waals surface area contributed by atoms with Gasteiger partial charge in [-0.25, -0.2) is 0 Å². The van der Waals surface area contributed by atoms with Crippen LogP contribution in [0.4, 0.5) is 0 Å². The largest absolute Gasteiger partial charge is 0.486 e. The molecular formula is C18H37BO2Si. The minimum absolute atomic E-state index is 0.205. The van der Waals surface area contributed by atoms with E-state index < -0.39 is 8.07 Å². The first-order valence-electron chi connectivity index (χ1n) is 8.89. The van der Waals surface area contributed by atoms with Crippen molar-refractivity contribution in [2.45, 2.75) is 103 Å². The van der Waals surface area contributed by atoms with E-state index in [-0.39, 0.29) is 18.3 Å². The first-order valence-corrected chi connectivity index (χ1v) is 11.3. The van der Waals surface area contributed by atoms with Crippen LogP contribution in [0.25, 0.3) is 0 Å². The van der Waals surface area contributed by atoms with Crippen LogP contribution in [0.5, 0.6) is 0 Å². The molecule has 1 fully saturated rings. The van der Waals surface area contributed by atoms with E-state index in [1.54, 1.807) is 0 Å². The van der Waals surface area contributed by atoms with Gasteiger partial charge in [-0.1, -0.05) is 70.2 Å². The molecular weight excluding hydrogens is 287 g/mol. The Morgan fingerprint density at radius 3 is 1.50 bits per heavy atom. The predicted octanol–water partition coefficient (Wildman–Crippen LogP) is 5.85. The molecule has 1 aliphatic heterocycles. The molecule has 22 heavy (non-hydrogen) atoms. The second-order valence-corrected chi connectivity index (χ2v) is 14.9. The second-order valence-electron chi connectivity index (χ2n) is 8.83. The SMILES string of the molecule is CC(C)[Si](C/C=C/B1OC(C)(C)C(C)(C)O1)(C(C)C)C(C)C. The summed E-state index contributed by atoms with van der Waals surface area (Å²) in [5.41, 5.74) is 1.87. The van der Waals surface area contributed by atoms with E-state index in [2.05, 4.69) is 81.3 Å². The molecule has 0 unspecified atom stereocenters. The zero-order valence-electron chi connectivity index (χ0n) is 16.5. The van der Waals surface area contributed by atoms with Crippen molar-refractivity contribution in [2.75, 3.05) is 0 Å². The summed E-state index contributed by atoms with van der Waals surface area (Å²) in [6, 6.07) is 1.21. The lowest BCUT2D eigenvalue weighted by atomic mass is 9.90. The third-order valence-corrected chi connectivity index (χ3v) is 13.7. The molecule has 0 aliphatic carbocycles. The number of hydrogen-bond donors (Lipinski definition) is 0. The number of hydrogen-bond acceptors (Lipinski definition) is 2. The van der Waals surface area contributed by atoms with E-state index in [9.17, 15) is 0 Å². The zero-order valence-corrected chi connectivity index (χ0v) is 17.5. The van der Waals surface area contributed by atoms with Gasteiger partial charge in [-0.3, -0.25) is 0 Å². The average Bonchev–Trinajstić information content (AvgIpc) is 2.51. The molecule has 0 radical (unpaired) electrons. The van der Waals surface area contributed by atoms with Gasteiger partial charge in [0.15, 0.2) is 0 Å². The lowest BCUT2D eigenvalue weighted by Gasteiger charge is -2.42. The predicted molar refractivity (Wildman–Crippen MR) is 101 cm³/mol. The second kappa shape index (κ2) is 6.82. The highest BCUT2D eigenvalue weighted by molar-refractivity contribution is 6.83. The van der Waals surface area contributed by atoms with Crippen LogP contribution >= 0.6 is 0 Å². The van der Waals surface area contributed by atoms with Crippen LogP contribution in [0.1, 0.15) is 69.2 Å². The Kier molecular flexibility index (Phi) is 6.20. The maximum absolute atomic E-state index is 6.07. The molecule has 0 bridgehead atoms. The van der Waals surface area contributed by atoms with Gasteiger partial charge in [0.1, 0.15) is 0 Å². The van der Waals surface area contributed by atoms with Crippen molar-refractivity contribution < 1.29 is 9.31 Å². The molecule has 0 N–H and O–H groups in total. The molecule has 0 aromatic carbocycles. The summed E-state index contributed by atoms with van der Waals surface area (Å²) < 4.78 is 12.1. The summed E-state index contributed by atoms with van der Waals surface area (Å²) in [4.78, 5) is 0. The van der Waals surface area contributed by atoms with E-state index in [1.165, 1.54) is 6.04 Å². The van der Waals surface area contributed by atoms with Crippen molar-refractivity contribution in [3.8, 4) is 0 Å².